The second-order valence-corrected chi connectivity index (χ2v) is 7.18. The highest BCUT2D eigenvalue weighted by atomic mass is 15.2. The lowest BCUT2D eigenvalue weighted by atomic mass is 9.78. The van der Waals surface area contributed by atoms with E-state index in [2.05, 4.69) is 63.2 Å². The fourth-order valence-electron chi connectivity index (χ4n) is 4.29. The zero-order valence-corrected chi connectivity index (χ0v) is 14.0. The number of hydrogen-bond acceptors (Lipinski definition) is 3. The molecule has 4 rings (SSSR count). The summed E-state index contributed by atoms with van der Waals surface area (Å²) in [5, 5.41) is 3.50. The molecule has 4 nitrogen and oxygen atoms in total. The van der Waals surface area contributed by atoms with E-state index in [-0.39, 0.29) is 0 Å². The quantitative estimate of drug-likeness (QED) is 0.946. The van der Waals surface area contributed by atoms with Crippen molar-refractivity contribution in [2.24, 2.45) is 5.41 Å². The Bertz CT molecular complexity index is 655. The molecule has 0 bridgehead atoms. The van der Waals surface area contributed by atoms with Crippen molar-refractivity contribution in [1.82, 2.24) is 19.8 Å². The number of aryl methyl sites for hydroxylation is 1. The standard InChI is InChI=1S/C19H26N4/c1-16-21-13-18(23(16)17-5-3-2-4-6-17)14-22-12-9-19(15-22)7-10-20-11-8-19/h2-6,13,20H,7-12,14-15H2,1H3. The van der Waals surface area contributed by atoms with Gasteiger partial charge in [0.15, 0.2) is 0 Å². The van der Waals surface area contributed by atoms with Crippen molar-refractivity contribution in [3.63, 3.8) is 0 Å². The minimum atomic E-state index is 0.567. The van der Waals surface area contributed by atoms with Crippen LogP contribution in [0.25, 0.3) is 5.69 Å². The van der Waals surface area contributed by atoms with Crippen LogP contribution >= 0.6 is 0 Å². The summed E-state index contributed by atoms with van der Waals surface area (Å²) in [6, 6.07) is 10.6. The number of aromatic nitrogens is 2. The van der Waals surface area contributed by atoms with Gasteiger partial charge in [0.05, 0.1) is 11.9 Å². The summed E-state index contributed by atoms with van der Waals surface area (Å²) < 4.78 is 2.30. The Hall–Kier alpha value is -1.65. The Morgan fingerprint density at radius 3 is 2.70 bits per heavy atom. The molecule has 1 N–H and O–H groups in total. The largest absolute Gasteiger partial charge is 0.317 e. The molecule has 2 aromatic rings. The van der Waals surface area contributed by atoms with E-state index in [1.165, 1.54) is 56.8 Å². The molecule has 0 radical (unpaired) electrons. The van der Waals surface area contributed by atoms with Gasteiger partial charge in [0.2, 0.25) is 0 Å². The van der Waals surface area contributed by atoms with Gasteiger partial charge in [-0.3, -0.25) is 9.47 Å². The Morgan fingerprint density at radius 1 is 1.13 bits per heavy atom. The molecule has 2 saturated heterocycles. The van der Waals surface area contributed by atoms with E-state index < -0.39 is 0 Å². The fourth-order valence-corrected chi connectivity index (χ4v) is 4.29. The lowest BCUT2D eigenvalue weighted by molar-refractivity contribution is 0.193. The third kappa shape index (κ3) is 2.93. The van der Waals surface area contributed by atoms with Crippen LogP contribution in [-0.4, -0.2) is 40.6 Å². The molecular weight excluding hydrogens is 284 g/mol. The smallest absolute Gasteiger partial charge is 0.110 e. The van der Waals surface area contributed by atoms with Crippen LogP contribution in [0.3, 0.4) is 0 Å². The molecule has 2 aliphatic heterocycles. The van der Waals surface area contributed by atoms with Crippen LogP contribution in [0.2, 0.25) is 0 Å². The number of nitrogens with zero attached hydrogens (tertiary/aromatic N) is 3. The van der Waals surface area contributed by atoms with Crippen molar-refractivity contribution in [3.05, 3.63) is 48.0 Å². The third-order valence-electron chi connectivity index (χ3n) is 5.59. The Morgan fingerprint density at radius 2 is 1.91 bits per heavy atom. The minimum Gasteiger partial charge on any atom is -0.317 e. The summed E-state index contributed by atoms with van der Waals surface area (Å²) in [4.78, 5) is 7.19. The van der Waals surface area contributed by atoms with E-state index in [0.29, 0.717) is 5.41 Å². The molecule has 1 spiro atoms. The van der Waals surface area contributed by atoms with Gasteiger partial charge in [-0.05, 0) is 63.4 Å². The summed E-state index contributed by atoms with van der Waals surface area (Å²) in [5.74, 6) is 1.07. The first-order valence-corrected chi connectivity index (χ1v) is 8.78. The van der Waals surface area contributed by atoms with Gasteiger partial charge in [0.25, 0.3) is 0 Å². The number of rotatable bonds is 3. The van der Waals surface area contributed by atoms with Crippen molar-refractivity contribution in [3.8, 4) is 5.69 Å². The van der Waals surface area contributed by atoms with E-state index in [9.17, 15) is 0 Å². The normalized spacial score (nSPS) is 21.1. The predicted octanol–water partition coefficient (Wildman–Crippen LogP) is 2.76. The maximum absolute atomic E-state index is 4.57. The van der Waals surface area contributed by atoms with E-state index in [0.717, 1.165) is 12.4 Å². The van der Waals surface area contributed by atoms with Crippen molar-refractivity contribution >= 4 is 0 Å². The molecule has 0 unspecified atom stereocenters. The Kier molecular flexibility index (Phi) is 3.95. The number of imidazole rings is 1. The molecule has 0 atom stereocenters. The first-order chi connectivity index (χ1) is 11.3. The van der Waals surface area contributed by atoms with E-state index >= 15 is 0 Å². The lowest BCUT2D eigenvalue weighted by Crippen LogP contribution is -2.38. The zero-order chi connectivity index (χ0) is 15.7. The van der Waals surface area contributed by atoms with Gasteiger partial charge >= 0.3 is 0 Å². The van der Waals surface area contributed by atoms with Gasteiger partial charge in [-0.2, -0.15) is 0 Å². The van der Waals surface area contributed by atoms with Crippen molar-refractivity contribution in [1.29, 1.82) is 0 Å². The lowest BCUT2D eigenvalue weighted by Gasteiger charge is -2.34. The molecule has 4 heteroatoms. The topological polar surface area (TPSA) is 33.1 Å². The molecule has 1 aromatic carbocycles. The number of likely N-dealkylation sites (tertiary alicyclic amines) is 1. The van der Waals surface area contributed by atoms with Crippen molar-refractivity contribution in [2.45, 2.75) is 32.7 Å². The zero-order valence-electron chi connectivity index (χ0n) is 14.0. The summed E-state index contributed by atoms with van der Waals surface area (Å²) in [7, 11) is 0. The molecular formula is C19H26N4. The summed E-state index contributed by atoms with van der Waals surface area (Å²) in [6.07, 6.45) is 6.07. The highest BCUT2D eigenvalue weighted by molar-refractivity contribution is 5.35. The van der Waals surface area contributed by atoms with Crippen LogP contribution in [0.4, 0.5) is 0 Å². The molecule has 23 heavy (non-hydrogen) atoms. The average molecular weight is 310 g/mol. The molecule has 122 valence electrons. The number of piperidine rings is 1. The summed E-state index contributed by atoms with van der Waals surface area (Å²) in [5.41, 5.74) is 3.09. The molecule has 3 heterocycles. The van der Waals surface area contributed by atoms with Gasteiger partial charge in [-0.1, -0.05) is 18.2 Å². The molecule has 0 amide bonds. The van der Waals surface area contributed by atoms with Gasteiger partial charge < -0.3 is 5.32 Å². The predicted molar refractivity (Wildman–Crippen MR) is 92.7 cm³/mol. The van der Waals surface area contributed by atoms with Gasteiger partial charge in [-0.15, -0.1) is 0 Å². The molecule has 2 fully saturated rings. The van der Waals surface area contributed by atoms with Crippen LogP contribution in [-0.2, 0) is 6.54 Å². The fraction of sp³-hybridized carbons (Fsp3) is 0.526. The second-order valence-electron chi connectivity index (χ2n) is 7.18. The van der Waals surface area contributed by atoms with E-state index in [1.807, 2.05) is 0 Å². The van der Waals surface area contributed by atoms with Gasteiger partial charge in [0.1, 0.15) is 5.82 Å². The molecule has 1 aromatic heterocycles. The van der Waals surface area contributed by atoms with Crippen LogP contribution in [0, 0.1) is 12.3 Å². The van der Waals surface area contributed by atoms with Crippen LogP contribution in [0.5, 0.6) is 0 Å². The molecule has 0 saturated carbocycles. The number of nitrogens with one attached hydrogen (secondary N) is 1. The molecule has 0 aliphatic carbocycles. The maximum Gasteiger partial charge on any atom is 0.110 e. The van der Waals surface area contributed by atoms with Crippen LogP contribution in [0.15, 0.2) is 36.5 Å². The first-order valence-electron chi connectivity index (χ1n) is 8.78. The van der Waals surface area contributed by atoms with Crippen LogP contribution in [0.1, 0.15) is 30.8 Å². The summed E-state index contributed by atoms with van der Waals surface area (Å²) >= 11 is 0. The highest BCUT2D eigenvalue weighted by Crippen LogP contribution is 2.39. The maximum atomic E-state index is 4.57. The Labute approximate surface area is 138 Å². The SMILES string of the molecule is Cc1ncc(CN2CCC3(CCNCC3)C2)n1-c1ccccc1. The van der Waals surface area contributed by atoms with Crippen LogP contribution < -0.4 is 5.32 Å². The molecule has 2 aliphatic rings. The average Bonchev–Trinajstić information content (AvgIpc) is 3.13. The highest BCUT2D eigenvalue weighted by Gasteiger charge is 2.38. The summed E-state index contributed by atoms with van der Waals surface area (Å²) in [6.45, 7) is 7.94. The monoisotopic (exact) mass is 310 g/mol. The minimum absolute atomic E-state index is 0.567. The van der Waals surface area contributed by atoms with Gasteiger partial charge in [-0.25, -0.2) is 4.98 Å². The van der Waals surface area contributed by atoms with E-state index in [1.54, 1.807) is 0 Å². The van der Waals surface area contributed by atoms with Gasteiger partial charge in [0, 0.05) is 18.8 Å². The van der Waals surface area contributed by atoms with Crippen molar-refractivity contribution in [2.75, 3.05) is 26.2 Å². The third-order valence-corrected chi connectivity index (χ3v) is 5.59. The number of hydrogen-bond donors (Lipinski definition) is 1. The number of benzene rings is 1. The Balaban J connectivity index is 1.52. The number of para-hydroxylation sites is 1. The first kappa shape index (κ1) is 14.9. The van der Waals surface area contributed by atoms with E-state index in [4.69, 9.17) is 0 Å². The second kappa shape index (κ2) is 6.10. The van der Waals surface area contributed by atoms with Crippen molar-refractivity contribution < 1.29 is 0 Å².